The number of ether oxygens (including phenoxy) is 1. The molecule has 0 unspecified atom stereocenters. The summed E-state index contributed by atoms with van der Waals surface area (Å²) in [5.41, 5.74) is 1.23. The van der Waals surface area contributed by atoms with Crippen LogP contribution in [0.1, 0.15) is 10.6 Å². The topological polar surface area (TPSA) is 39.2 Å². The molecule has 21 heavy (non-hydrogen) atoms. The summed E-state index contributed by atoms with van der Waals surface area (Å²) in [6.45, 7) is 0.118. The second kappa shape index (κ2) is 6.01. The van der Waals surface area contributed by atoms with Gasteiger partial charge >= 0.3 is 5.97 Å². The third-order valence-corrected chi connectivity index (χ3v) is 4.00. The summed E-state index contributed by atoms with van der Waals surface area (Å²) in [7, 11) is 0. The average Bonchev–Trinajstić information content (AvgIpc) is 2.90. The molecule has 0 aliphatic heterocycles. The highest BCUT2D eigenvalue weighted by Gasteiger charge is 2.10. The van der Waals surface area contributed by atoms with E-state index in [1.807, 2.05) is 24.3 Å². The summed E-state index contributed by atoms with van der Waals surface area (Å²) in [5, 5.41) is 0.734. The molecule has 2 aromatic carbocycles. The summed E-state index contributed by atoms with van der Waals surface area (Å²) >= 11 is 1.49. The van der Waals surface area contributed by atoms with Crippen LogP contribution in [0.3, 0.4) is 0 Å². The van der Waals surface area contributed by atoms with E-state index in [2.05, 4.69) is 4.98 Å². The monoisotopic (exact) mass is 301 g/mol. The third-order valence-electron chi connectivity index (χ3n) is 2.99. The van der Waals surface area contributed by atoms with Crippen LogP contribution in [-0.4, -0.2) is 11.0 Å². The number of nitrogens with zero attached hydrogens (tertiary/aromatic N) is 1. The van der Waals surface area contributed by atoms with E-state index in [9.17, 15) is 9.18 Å². The normalized spacial score (nSPS) is 10.7. The third kappa shape index (κ3) is 3.25. The van der Waals surface area contributed by atoms with E-state index in [1.165, 1.54) is 17.4 Å². The highest BCUT2D eigenvalue weighted by Crippen LogP contribution is 2.22. The summed E-state index contributed by atoms with van der Waals surface area (Å²) in [5.74, 6) is -0.853. The number of carbonyl (C=O) groups is 1. The predicted octanol–water partition coefficient (Wildman–Crippen LogP) is 3.72. The van der Waals surface area contributed by atoms with Crippen molar-refractivity contribution in [2.75, 3.05) is 0 Å². The molecule has 0 atom stereocenters. The molecular formula is C16H12FNO2S. The van der Waals surface area contributed by atoms with Gasteiger partial charge in [0.25, 0.3) is 0 Å². The largest absolute Gasteiger partial charge is 0.458 e. The Balaban J connectivity index is 1.62. The molecule has 0 amide bonds. The minimum absolute atomic E-state index is 0.0719. The number of benzene rings is 2. The molecule has 0 aliphatic carbocycles. The second-order valence-corrected chi connectivity index (χ2v) is 5.62. The van der Waals surface area contributed by atoms with Gasteiger partial charge in [-0.25, -0.2) is 9.37 Å². The van der Waals surface area contributed by atoms with Crippen molar-refractivity contribution in [3.63, 3.8) is 0 Å². The van der Waals surface area contributed by atoms with Gasteiger partial charge in [-0.15, -0.1) is 11.3 Å². The van der Waals surface area contributed by atoms with Crippen LogP contribution >= 0.6 is 11.3 Å². The standard InChI is InChI=1S/C16H12FNO2S/c17-12-6-2-1-5-11(12)9-16(19)20-10-15-18-13-7-3-4-8-14(13)21-15/h1-8H,9-10H2. The van der Waals surface area contributed by atoms with Gasteiger partial charge in [0.2, 0.25) is 0 Å². The maximum Gasteiger partial charge on any atom is 0.310 e. The lowest BCUT2D eigenvalue weighted by Crippen LogP contribution is -2.09. The molecule has 3 rings (SSSR count). The SMILES string of the molecule is O=C(Cc1ccccc1F)OCc1nc2ccccc2s1. The zero-order chi connectivity index (χ0) is 14.7. The van der Waals surface area contributed by atoms with Crippen LogP contribution in [0, 0.1) is 5.82 Å². The molecule has 0 aliphatic rings. The molecule has 0 saturated carbocycles. The van der Waals surface area contributed by atoms with E-state index >= 15 is 0 Å². The Morgan fingerprint density at radius 2 is 1.90 bits per heavy atom. The van der Waals surface area contributed by atoms with Crippen molar-refractivity contribution >= 4 is 27.5 Å². The summed E-state index contributed by atoms with van der Waals surface area (Å²) in [6, 6.07) is 13.9. The maximum atomic E-state index is 13.4. The Kier molecular flexibility index (Phi) is 3.92. The number of esters is 1. The first-order valence-electron chi connectivity index (χ1n) is 6.46. The van der Waals surface area contributed by atoms with Crippen LogP contribution in [0.15, 0.2) is 48.5 Å². The lowest BCUT2D eigenvalue weighted by atomic mass is 10.1. The minimum Gasteiger partial charge on any atom is -0.458 e. The molecule has 0 radical (unpaired) electrons. The van der Waals surface area contributed by atoms with Gasteiger partial charge in [-0.2, -0.15) is 0 Å². The first-order chi connectivity index (χ1) is 10.2. The first kappa shape index (κ1) is 13.7. The van der Waals surface area contributed by atoms with E-state index in [4.69, 9.17) is 4.74 Å². The van der Waals surface area contributed by atoms with E-state index in [-0.39, 0.29) is 13.0 Å². The number of aromatic nitrogens is 1. The number of hydrogen-bond acceptors (Lipinski definition) is 4. The summed E-state index contributed by atoms with van der Waals surface area (Å²) in [6.07, 6.45) is -0.0719. The van der Waals surface area contributed by atoms with Gasteiger partial charge in [0.1, 0.15) is 17.4 Å². The zero-order valence-corrected chi connectivity index (χ0v) is 11.9. The quantitative estimate of drug-likeness (QED) is 0.689. The molecule has 0 saturated heterocycles. The lowest BCUT2D eigenvalue weighted by Gasteiger charge is -2.03. The van der Waals surface area contributed by atoms with Gasteiger partial charge in [-0.3, -0.25) is 4.79 Å². The van der Waals surface area contributed by atoms with Crippen molar-refractivity contribution in [3.8, 4) is 0 Å². The smallest absolute Gasteiger partial charge is 0.310 e. The fourth-order valence-electron chi connectivity index (χ4n) is 1.97. The van der Waals surface area contributed by atoms with E-state index in [1.54, 1.807) is 18.2 Å². The minimum atomic E-state index is -0.459. The van der Waals surface area contributed by atoms with Crippen LogP contribution < -0.4 is 0 Å². The molecule has 5 heteroatoms. The van der Waals surface area contributed by atoms with Crippen LogP contribution in [0.5, 0.6) is 0 Å². The Morgan fingerprint density at radius 3 is 2.71 bits per heavy atom. The first-order valence-corrected chi connectivity index (χ1v) is 7.27. The van der Waals surface area contributed by atoms with Gasteiger partial charge < -0.3 is 4.74 Å². The molecule has 3 nitrogen and oxygen atoms in total. The van der Waals surface area contributed by atoms with Gasteiger partial charge in [0.05, 0.1) is 16.6 Å². The second-order valence-electron chi connectivity index (χ2n) is 4.50. The molecule has 1 heterocycles. The molecule has 0 N–H and O–H groups in total. The lowest BCUT2D eigenvalue weighted by molar-refractivity contribution is -0.144. The number of hydrogen-bond donors (Lipinski definition) is 0. The number of thiazole rings is 1. The van der Waals surface area contributed by atoms with Gasteiger partial charge in [-0.05, 0) is 23.8 Å². The summed E-state index contributed by atoms with van der Waals surface area (Å²) in [4.78, 5) is 16.1. The Labute approximate surface area is 125 Å². The Hall–Kier alpha value is -2.27. The van der Waals surface area contributed by atoms with Gasteiger partial charge in [0.15, 0.2) is 0 Å². The average molecular weight is 301 g/mol. The molecule has 106 valence electrons. The molecule has 0 spiro atoms. The molecule has 1 aromatic heterocycles. The van der Waals surface area contributed by atoms with Crippen LogP contribution in [0.4, 0.5) is 4.39 Å². The van der Waals surface area contributed by atoms with Crippen molar-refractivity contribution in [1.82, 2.24) is 4.98 Å². The number of para-hydroxylation sites is 1. The number of rotatable bonds is 4. The van der Waals surface area contributed by atoms with E-state index in [0.717, 1.165) is 15.2 Å². The van der Waals surface area contributed by atoms with Crippen LogP contribution in [0.25, 0.3) is 10.2 Å². The Morgan fingerprint density at radius 1 is 1.14 bits per heavy atom. The molecular weight excluding hydrogens is 289 g/mol. The summed E-state index contributed by atoms with van der Waals surface area (Å²) < 4.78 is 19.6. The highest BCUT2D eigenvalue weighted by molar-refractivity contribution is 7.18. The van der Waals surface area contributed by atoms with E-state index in [0.29, 0.717) is 5.56 Å². The van der Waals surface area contributed by atoms with Crippen molar-refractivity contribution in [2.24, 2.45) is 0 Å². The highest BCUT2D eigenvalue weighted by atomic mass is 32.1. The van der Waals surface area contributed by atoms with E-state index < -0.39 is 11.8 Å². The zero-order valence-electron chi connectivity index (χ0n) is 11.1. The van der Waals surface area contributed by atoms with Crippen molar-refractivity contribution in [1.29, 1.82) is 0 Å². The predicted molar refractivity (Wildman–Crippen MR) is 79.5 cm³/mol. The van der Waals surface area contributed by atoms with Crippen molar-refractivity contribution in [3.05, 3.63) is 64.9 Å². The molecule has 0 bridgehead atoms. The van der Waals surface area contributed by atoms with Crippen LogP contribution in [-0.2, 0) is 22.6 Å². The fourth-order valence-corrected chi connectivity index (χ4v) is 2.85. The van der Waals surface area contributed by atoms with Crippen molar-refractivity contribution in [2.45, 2.75) is 13.0 Å². The number of fused-ring (bicyclic) bond motifs is 1. The van der Waals surface area contributed by atoms with Gasteiger partial charge in [-0.1, -0.05) is 30.3 Å². The van der Waals surface area contributed by atoms with Gasteiger partial charge in [0, 0.05) is 0 Å². The number of carbonyl (C=O) groups excluding carboxylic acids is 1. The van der Waals surface area contributed by atoms with Crippen molar-refractivity contribution < 1.29 is 13.9 Å². The molecule has 0 fully saturated rings. The molecule has 3 aromatic rings. The Bertz CT molecular complexity index is 752. The number of halogens is 1. The fraction of sp³-hybridized carbons (Fsp3) is 0.125. The van der Waals surface area contributed by atoms with Crippen LogP contribution in [0.2, 0.25) is 0 Å². The maximum absolute atomic E-state index is 13.4.